The van der Waals surface area contributed by atoms with Crippen molar-refractivity contribution in [1.82, 2.24) is 9.88 Å². The fourth-order valence-corrected chi connectivity index (χ4v) is 5.13. The molecular weight excluding hydrogens is 462 g/mol. The van der Waals surface area contributed by atoms with Crippen molar-refractivity contribution in [3.05, 3.63) is 101 Å². The first kappa shape index (κ1) is 21.4. The molecule has 3 heterocycles. The number of halogens is 4. The number of anilines is 1. The molecule has 0 saturated carbocycles. The van der Waals surface area contributed by atoms with Crippen LogP contribution in [-0.4, -0.2) is 27.9 Å². The monoisotopic (exact) mass is 479 g/mol. The highest BCUT2D eigenvalue weighted by Gasteiger charge is 2.53. The van der Waals surface area contributed by atoms with Gasteiger partial charge in [-0.25, -0.2) is 14.1 Å². The van der Waals surface area contributed by atoms with E-state index in [4.69, 9.17) is 0 Å². The van der Waals surface area contributed by atoms with Crippen LogP contribution in [0.2, 0.25) is 0 Å². The smallest absolute Gasteiger partial charge is 0.356 e. The van der Waals surface area contributed by atoms with Crippen LogP contribution in [0.25, 0.3) is 10.9 Å². The standard InChI is InChI=1S/C26H17F4N3O2/c27-16-10-8-14(9-11-16)23-22-19(18-6-1-2-7-20(18)31-22)13-21-24(34)32(25(35)33(21)23)17-5-3-4-15(12-17)26(28,29)30/h1-12,21,23,31H,13H2/t21-,23+/m1/s1. The number of para-hydroxylation sites is 1. The zero-order valence-electron chi connectivity index (χ0n) is 18.0. The molecule has 3 aromatic carbocycles. The van der Waals surface area contributed by atoms with Crippen LogP contribution in [0, 0.1) is 5.82 Å². The molecule has 2 aliphatic heterocycles. The molecule has 176 valence electrons. The number of carbonyl (C=O) groups is 2. The van der Waals surface area contributed by atoms with E-state index < -0.39 is 41.6 Å². The van der Waals surface area contributed by atoms with E-state index in [2.05, 4.69) is 4.98 Å². The summed E-state index contributed by atoms with van der Waals surface area (Å²) in [7, 11) is 0. The zero-order valence-corrected chi connectivity index (χ0v) is 18.0. The third-order valence-corrected chi connectivity index (χ3v) is 6.67. The SMILES string of the molecule is O=C1[C@H]2Cc3c([nH]c4ccccc34)[C@H](c3ccc(F)cc3)N2C(=O)N1c1cccc(C(F)(F)F)c1. The van der Waals surface area contributed by atoms with Crippen molar-refractivity contribution in [2.24, 2.45) is 0 Å². The van der Waals surface area contributed by atoms with Crippen molar-refractivity contribution in [2.75, 3.05) is 4.90 Å². The van der Waals surface area contributed by atoms with Crippen LogP contribution in [0.15, 0.2) is 72.8 Å². The Hall–Kier alpha value is -4.14. The number of aromatic nitrogens is 1. The van der Waals surface area contributed by atoms with Crippen LogP contribution in [0.5, 0.6) is 0 Å². The van der Waals surface area contributed by atoms with Gasteiger partial charge < -0.3 is 4.98 Å². The highest BCUT2D eigenvalue weighted by Crippen LogP contribution is 2.45. The van der Waals surface area contributed by atoms with Gasteiger partial charge in [-0.05, 0) is 47.5 Å². The summed E-state index contributed by atoms with van der Waals surface area (Å²) in [5.74, 6) is -1.05. The third kappa shape index (κ3) is 3.22. The highest BCUT2D eigenvalue weighted by molar-refractivity contribution is 6.22. The Morgan fingerprint density at radius 2 is 1.66 bits per heavy atom. The summed E-state index contributed by atoms with van der Waals surface area (Å²) >= 11 is 0. The molecule has 5 nitrogen and oxygen atoms in total. The van der Waals surface area contributed by atoms with Gasteiger partial charge in [0.2, 0.25) is 0 Å². The summed E-state index contributed by atoms with van der Waals surface area (Å²) in [6.45, 7) is 0. The van der Waals surface area contributed by atoms with Crippen LogP contribution < -0.4 is 4.90 Å². The quantitative estimate of drug-likeness (QED) is 0.292. The van der Waals surface area contributed by atoms with Crippen molar-refractivity contribution < 1.29 is 27.2 Å². The molecule has 2 aliphatic rings. The molecule has 0 aliphatic carbocycles. The summed E-state index contributed by atoms with van der Waals surface area (Å²) < 4.78 is 53.6. The van der Waals surface area contributed by atoms with Crippen LogP contribution in [0.1, 0.15) is 28.4 Å². The van der Waals surface area contributed by atoms with Crippen LogP contribution >= 0.6 is 0 Å². The first-order valence-electron chi connectivity index (χ1n) is 10.9. The van der Waals surface area contributed by atoms with Gasteiger partial charge in [-0.15, -0.1) is 0 Å². The van der Waals surface area contributed by atoms with Crippen LogP contribution in [0.3, 0.4) is 0 Å². The maximum atomic E-state index is 13.7. The second-order valence-electron chi connectivity index (χ2n) is 8.65. The van der Waals surface area contributed by atoms with Crippen molar-refractivity contribution in [1.29, 1.82) is 0 Å². The van der Waals surface area contributed by atoms with E-state index in [9.17, 15) is 27.2 Å². The Labute approximate surface area is 196 Å². The maximum Gasteiger partial charge on any atom is 0.416 e. The molecule has 3 amide bonds. The van der Waals surface area contributed by atoms with E-state index in [0.29, 0.717) is 11.3 Å². The Morgan fingerprint density at radius 3 is 2.40 bits per heavy atom. The number of rotatable bonds is 2. The van der Waals surface area contributed by atoms with Gasteiger partial charge in [0.15, 0.2) is 0 Å². The summed E-state index contributed by atoms with van der Waals surface area (Å²) in [5.41, 5.74) is 1.86. The maximum absolute atomic E-state index is 13.7. The number of hydrogen-bond acceptors (Lipinski definition) is 2. The molecule has 1 fully saturated rings. The van der Waals surface area contributed by atoms with E-state index in [-0.39, 0.29) is 12.1 Å². The molecule has 35 heavy (non-hydrogen) atoms. The van der Waals surface area contributed by atoms with E-state index in [1.54, 1.807) is 12.1 Å². The summed E-state index contributed by atoms with van der Waals surface area (Å²) in [4.78, 5) is 32.7. The van der Waals surface area contributed by atoms with Crippen molar-refractivity contribution in [3.8, 4) is 0 Å². The second-order valence-corrected chi connectivity index (χ2v) is 8.65. The molecule has 0 radical (unpaired) electrons. The largest absolute Gasteiger partial charge is 0.416 e. The number of nitrogens with zero attached hydrogens (tertiary/aromatic N) is 2. The number of nitrogens with one attached hydrogen (secondary N) is 1. The van der Waals surface area contributed by atoms with Gasteiger partial charge in [-0.1, -0.05) is 36.4 Å². The van der Waals surface area contributed by atoms with Crippen LogP contribution in [0.4, 0.5) is 28.0 Å². The van der Waals surface area contributed by atoms with Crippen molar-refractivity contribution >= 4 is 28.5 Å². The first-order chi connectivity index (χ1) is 16.7. The molecule has 4 aromatic rings. The molecule has 0 spiro atoms. The fourth-order valence-electron chi connectivity index (χ4n) is 5.13. The van der Waals surface area contributed by atoms with Gasteiger partial charge in [0.25, 0.3) is 5.91 Å². The van der Waals surface area contributed by atoms with Crippen molar-refractivity contribution in [3.63, 3.8) is 0 Å². The summed E-state index contributed by atoms with van der Waals surface area (Å²) in [6, 6.07) is 14.9. The summed E-state index contributed by atoms with van der Waals surface area (Å²) in [5, 5.41) is 0.895. The molecule has 2 atom stereocenters. The molecule has 1 aromatic heterocycles. The van der Waals surface area contributed by atoms with Gasteiger partial charge >= 0.3 is 12.2 Å². The number of amides is 3. The van der Waals surface area contributed by atoms with E-state index in [0.717, 1.165) is 33.5 Å². The van der Waals surface area contributed by atoms with E-state index in [1.165, 1.54) is 29.2 Å². The van der Waals surface area contributed by atoms with E-state index >= 15 is 0 Å². The number of imide groups is 1. The second kappa shape index (κ2) is 7.43. The molecule has 1 N–H and O–H groups in total. The Balaban J connectivity index is 1.51. The Kier molecular flexibility index (Phi) is 4.54. The van der Waals surface area contributed by atoms with Gasteiger partial charge in [-0.3, -0.25) is 9.69 Å². The van der Waals surface area contributed by atoms with Crippen LogP contribution in [-0.2, 0) is 17.4 Å². The van der Waals surface area contributed by atoms with Gasteiger partial charge in [0.1, 0.15) is 17.9 Å². The van der Waals surface area contributed by atoms with Gasteiger partial charge in [0, 0.05) is 23.0 Å². The summed E-state index contributed by atoms with van der Waals surface area (Å²) in [6.07, 6.45) is -4.42. The average Bonchev–Trinajstić information content (AvgIpc) is 3.33. The Bertz CT molecular complexity index is 1490. The third-order valence-electron chi connectivity index (χ3n) is 6.67. The molecule has 6 rings (SSSR count). The molecule has 0 bridgehead atoms. The molecule has 9 heteroatoms. The lowest BCUT2D eigenvalue weighted by atomic mass is 9.89. The Morgan fingerprint density at radius 1 is 0.914 bits per heavy atom. The minimum Gasteiger partial charge on any atom is -0.356 e. The predicted octanol–water partition coefficient (Wildman–Crippen LogP) is 5.81. The lowest BCUT2D eigenvalue weighted by Crippen LogP contribution is -2.44. The lowest BCUT2D eigenvalue weighted by molar-refractivity contribution is -0.137. The predicted molar refractivity (Wildman–Crippen MR) is 120 cm³/mol. The lowest BCUT2D eigenvalue weighted by Gasteiger charge is -2.36. The number of carbonyl (C=O) groups excluding carboxylic acids is 2. The minimum absolute atomic E-state index is 0.143. The van der Waals surface area contributed by atoms with Gasteiger partial charge in [0.05, 0.1) is 11.3 Å². The number of urea groups is 1. The van der Waals surface area contributed by atoms with Gasteiger partial charge in [-0.2, -0.15) is 13.2 Å². The average molecular weight is 479 g/mol. The normalized spacial score (nSPS) is 19.9. The topological polar surface area (TPSA) is 56.4 Å². The minimum atomic E-state index is -4.62. The number of fused-ring (bicyclic) bond motifs is 4. The highest BCUT2D eigenvalue weighted by atomic mass is 19.4. The number of benzene rings is 3. The number of hydrogen-bond donors (Lipinski definition) is 1. The van der Waals surface area contributed by atoms with E-state index in [1.807, 2.05) is 24.3 Å². The molecule has 1 saturated heterocycles. The molecule has 0 unspecified atom stereocenters. The first-order valence-corrected chi connectivity index (χ1v) is 10.9. The fraction of sp³-hybridized carbons (Fsp3) is 0.154. The number of alkyl halides is 3. The zero-order chi connectivity index (χ0) is 24.5. The molecular formula is C26H17F4N3O2. The number of aromatic amines is 1. The van der Waals surface area contributed by atoms with Crippen molar-refractivity contribution in [2.45, 2.75) is 24.7 Å². The number of H-pyrrole nitrogens is 1.